The second kappa shape index (κ2) is 3.15. The molecule has 1 rings (SSSR count). The Morgan fingerprint density at radius 2 is 2.20 bits per heavy atom. The van der Waals surface area contributed by atoms with E-state index in [1.807, 2.05) is 14.0 Å². The number of nitrogens with zero attached hydrogens (tertiary/aromatic N) is 1. The smallest absolute Gasteiger partial charge is 0.146 e. The van der Waals surface area contributed by atoms with E-state index >= 15 is 0 Å². The summed E-state index contributed by atoms with van der Waals surface area (Å²) in [5.41, 5.74) is 0. The van der Waals surface area contributed by atoms with Crippen LogP contribution in [0.5, 0.6) is 0 Å². The number of hydrogen-bond donors (Lipinski definition) is 0. The highest BCUT2D eigenvalue weighted by Gasteiger charge is 2.26. The average Bonchev–Trinajstić information content (AvgIpc) is 2.68. The van der Waals surface area contributed by atoms with Gasteiger partial charge in [0.15, 0.2) is 0 Å². The first-order chi connectivity index (χ1) is 4.74. The molecule has 0 unspecified atom stereocenters. The molecular weight excluding hydrogens is 126 g/mol. The van der Waals surface area contributed by atoms with E-state index in [0.717, 1.165) is 6.04 Å². The summed E-state index contributed by atoms with van der Waals surface area (Å²) in [5.74, 6) is 0.356. The SMILES string of the molecule is CCC(=O)CN(C)C1CC1. The zero-order valence-corrected chi connectivity index (χ0v) is 6.76. The summed E-state index contributed by atoms with van der Waals surface area (Å²) in [6.45, 7) is 2.57. The van der Waals surface area contributed by atoms with Gasteiger partial charge in [0.05, 0.1) is 6.54 Å². The van der Waals surface area contributed by atoms with E-state index in [-0.39, 0.29) is 0 Å². The quantitative estimate of drug-likeness (QED) is 0.583. The van der Waals surface area contributed by atoms with Gasteiger partial charge in [0.25, 0.3) is 0 Å². The highest BCUT2D eigenvalue weighted by molar-refractivity contribution is 5.80. The van der Waals surface area contributed by atoms with Crippen molar-refractivity contribution in [3.05, 3.63) is 0 Å². The van der Waals surface area contributed by atoms with Crippen LogP contribution < -0.4 is 0 Å². The Balaban J connectivity index is 2.16. The number of carbonyl (C=O) groups is 1. The minimum atomic E-state index is 0.356. The molecule has 0 saturated heterocycles. The summed E-state index contributed by atoms with van der Waals surface area (Å²) in [6.07, 6.45) is 3.25. The van der Waals surface area contributed by atoms with Crippen LogP contribution in [0.15, 0.2) is 0 Å². The molecule has 0 atom stereocenters. The molecule has 1 fully saturated rings. The first kappa shape index (κ1) is 7.73. The standard InChI is InChI=1S/C8H15NO/c1-3-8(10)6-9(2)7-4-5-7/h7H,3-6H2,1-2H3. The molecule has 0 aromatic heterocycles. The summed E-state index contributed by atoms with van der Waals surface area (Å²) >= 11 is 0. The molecule has 0 N–H and O–H groups in total. The molecule has 1 aliphatic carbocycles. The minimum Gasteiger partial charge on any atom is -0.298 e. The van der Waals surface area contributed by atoms with Gasteiger partial charge in [-0.25, -0.2) is 0 Å². The fourth-order valence-electron chi connectivity index (χ4n) is 1.03. The lowest BCUT2D eigenvalue weighted by Crippen LogP contribution is -2.27. The van der Waals surface area contributed by atoms with E-state index in [1.54, 1.807) is 0 Å². The van der Waals surface area contributed by atoms with Crippen LogP contribution >= 0.6 is 0 Å². The number of ketones is 1. The van der Waals surface area contributed by atoms with Crippen LogP contribution in [0.25, 0.3) is 0 Å². The Kier molecular flexibility index (Phi) is 2.44. The number of rotatable bonds is 4. The largest absolute Gasteiger partial charge is 0.298 e. The van der Waals surface area contributed by atoms with Crippen LogP contribution in [0.3, 0.4) is 0 Å². The molecule has 2 nitrogen and oxygen atoms in total. The highest BCUT2D eigenvalue weighted by atomic mass is 16.1. The van der Waals surface area contributed by atoms with Crippen molar-refractivity contribution in [2.75, 3.05) is 13.6 Å². The van der Waals surface area contributed by atoms with Crippen molar-refractivity contribution in [3.63, 3.8) is 0 Å². The fraction of sp³-hybridized carbons (Fsp3) is 0.875. The van der Waals surface area contributed by atoms with Crippen molar-refractivity contribution in [2.24, 2.45) is 0 Å². The third kappa shape index (κ3) is 2.10. The van der Waals surface area contributed by atoms with Gasteiger partial charge in [0.2, 0.25) is 0 Å². The normalized spacial score (nSPS) is 17.9. The van der Waals surface area contributed by atoms with Gasteiger partial charge in [-0.1, -0.05) is 6.92 Å². The molecule has 0 amide bonds. The average molecular weight is 141 g/mol. The third-order valence-corrected chi connectivity index (χ3v) is 1.99. The third-order valence-electron chi connectivity index (χ3n) is 1.99. The number of likely N-dealkylation sites (N-methyl/N-ethyl adjacent to an activating group) is 1. The Morgan fingerprint density at radius 1 is 1.60 bits per heavy atom. The lowest BCUT2D eigenvalue weighted by molar-refractivity contribution is -0.119. The molecule has 0 aromatic carbocycles. The molecule has 0 aliphatic heterocycles. The van der Waals surface area contributed by atoms with Crippen LogP contribution in [0, 0.1) is 0 Å². The van der Waals surface area contributed by atoms with Gasteiger partial charge in [0.1, 0.15) is 5.78 Å². The monoisotopic (exact) mass is 141 g/mol. The summed E-state index contributed by atoms with van der Waals surface area (Å²) in [4.78, 5) is 13.1. The number of Topliss-reactive ketones (excluding diaryl/α,β-unsaturated/α-hetero) is 1. The van der Waals surface area contributed by atoms with Crippen molar-refractivity contribution in [2.45, 2.75) is 32.2 Å². The van der Waals surface area contributed by atoms with Crippen molar-refractivity contribution in [1.82, 2.24) is 4.90 Å². The fourth-order valence-corrected chi connectivity index (χ4v) is 1.03. The Morgan fingerprint density at radius 3 is 2.60 bits per heavy atom. The van der Waals surface area contributed by atoms with Crippen LogP contribution in [-0.4, -0.2) is 30.3 Å². The predicted molar refractivity (Wildman–Crippen MR) is 41.0 cm³/mol. The van der Waals surface area contributed by atoms with E-state index in [9.17, 15) is 4.79 Å². The maximum Gasteiger partial charge on any atom is 0.146 e. The molecule has 0 spiro atoms. The number of carbonyl (C=O) groups excluding carboxylic acids is 1. The van der Waals surface area contributed by atoms with Gasteiger partial charge < -0.3 is 0 Å². The van der Waals surface area contributed by atoms with E-state index < -0.39 is 0 Å². The highest BCUT2D eigenvalue weighted by Crippen LogP contribution is 2.24. The first-order valence-corrected chi connectivity index (χ1v) is 3.96. The van der Waals surface area contributed by atoms with Gasteiger partial charge in [-0.15, -0.1) is 0 Å². The van der Waals surface area contributed by atoms with Crippen molar-refractivity contribution in [3.8, 4) is 0 Å². The zero-order valence-electron chi connectivity index (χ0n) is 6.76. The lowest BCUT2D eigenvalue weighted by Gasteiger charge is -2.12. The maximum atomic E-state index is 10.9. The second-order valence-electron chi connectivity index (χ2n) is 3.04. The first-order valence-electron chi connectivity index (χ1n) is 3.96. The molecule has 1 saturated carbocycles. The minimum absolute atomic E-state index is 0.356. The molecule has 1 aliphatic rings. The van der Waals surface area contributed by atoms with E-state index in [4.69, 9.17) is 0 Å². The predicted octanol–water partition coefficient (Wildman–Crippen LogP) is 1.06. The summed E-state index contributed by atoms with van der Waals surface area (Å²) in [7, 11) is 2.03. The van der Waals surface area contributed by atoms with Crippen LogP contribution in [0.2, 0.25) is 0 Å². The second-order valence-corrected chi connectivity index (χ2v) is 3.04. The molecule has 10 heavy (non-hydrogen) atoms. The Hall–Kier alpha value is -0.370. The van der Waals surface area contributed by atoms with Gasteiger partial charge >= 0.3 is 0 Å². The Bertz CT molecular complexity index is 129. The van der Waals surface area contributed by atoms with Crippen LogP contribution in [0.1, 0.15) is 26.2 Å². The van der Waals surface area contributed by atoms with Crippen LogP contribution in [0.4, 0.5) is 0 Å². The maximum absolute atomic E-state index is 10.9. The van der Waals surface area contributed by atoms with Crippen molar-refractivity contribution in [1.29, 1.82) is 0 Å². The molecule has 2 heteroatoms. The molecule has 0 heterocycles. The van der Waals surface area contributed by atoms with Gasteiger partial charge in [-0.2, -0.15) is 0 Å². The van der Waals surface area contributed by atoms with E-state index in [0.29, 0.717) is 18.7 Å². The summed E-state index contributed by atoms with van der Waals surface area (Å²) in [5, 5.41) is 0. The molecule has 0 bridgehead atoms. The number of hydrogen-bond acceptors (Lipinski definition) is 2. The lowest BCUT2D eigenvalue weighted by atomic mass is 10.3. The molecule has 0 aromatic rings. The summed E-state index contributed by atoms with van der Waals surface area (Å²) < 4.78 is 0. The molecule has 58 valence electrons. The van der Waals surface area contributed by atoms with E-state index in [1.165, 1.54) is 12.8 Å². The molecule has 0 radical (unpaired) electrons. The van der Waals surface area contributed by atoms with Gasteiger partial charge in [0, 0.05) is 12.5 Å². The zero-order chi connectivity index (χ0) is 7.56. The van der Waals surface area contributed by atoms with Crippen molar-refractivity contribution >= 4 is 5.78 Å². The van der Waals surface area contributed by atoms with E-state index in [2.05, 4.69) is 4.90 Å². The van der Waals surface area contributed by atoms with Crippen LogP contribution in [-0.2, 0) is 4.79 Å². The summed E-state index contributed by atoms with van der Waals surface area (Å²) in [6, 6.07) is 0.718. The van der Waals surface area contributed by atoms with Gasteiger partial charge in [-0.05, 0) is 19.9 Å². The van der Waals surface area contributed by atoms with Crippen molar-refractivity contribution < 1.29 is 4.79 Å². The van der Waals surface area contributed by atoms with Gasteiger partial charge in [-0.3, -0.25) is 9.69 Å². The molecular formula is C8H15NO. The topological polar surface area (TPSA) is 20.3 Å². The Labute approximate surface area is 62.2 Å².